The van der Waals surface area contributed by atoms with Crippen molar-refractivity contribution in [2.45, 2.75) is 32.7 Å². The van der Waals surface area contributed by atoms with E-state index in [4.69, 9.17) is 0 Å². The molecule has 0 aromatic rings. The monoisotopic (exact) mass is 163 g/mol. The van der Waals surface area contributed by atoms with Crippen molar-refractivity contribution < 1.29 is 4.18 Å². The third kappa shape index (κ3) is 8.27. The van der Waals surface area contributed by atoms with Crippen LogP contribution in [0.1, 0.15) is 26.7 Å². The minimum absolute atomic E-state index is 0.594. The van der Waals surface area contributed by atoms with Gasteiger partial charge < -0.3 is 9.50 Å². The van der Waals surface area contributed by atoms with Crippen molar-refractivity contribution in [3.8, 4) is 0 Å². The van der Waals surface area contributed by atoms with E-state index in [0.717, 1.165) is 19.6 Å². The average Bonchev–Trinajstić information content (AvgIpc) is 1.87. The average molecular weight is 163 g/mol. The van der Waals surface area contributed by atoms with Crippen LogP contribution in [0.2, 0.25) is 0 Å². The molecule has 0 heterocycles. The van der Waals surface area contributed by atoms with Gasteiger partial charge in [0.15, 0.2) is 0 Å². The molecule has 0 spiro atoms. The quantitative estimate of drug-likeness (QED) is 0.353. The number of hydrogen-bond acceptors (Lipinski definition) is 3. The first-order valence-corrected chi connectivity index (χ1v) is 4.13. The molecule has 62 valence electrons. The molecule has 0 radical (unpaired) electrons. The maximum atomic E-state index is 4.62. The first-order chi connectivity index (χ1) is 4.77. The van der Waals surface area contributed by atoms with Crippen molar-refractivity contribution in [2.24, 2.45) is 0 Å². The summed E-state index contributed by atoms with van der Waals surface area (Å²) in [5.41, 5.74) is 0. The molecule has 0 aromatic heterocycles. The summed E-state index contributed by atoms with van der Waals surface area (Å²) < 4.78 is 4.62. The summed E-state index contributed by atoms with van der Waals surface area (Å²) in [6.07, 6.45) is 2.25. The van der Waals surface area contributed by atoms with Gasteiger partial charge in [-0.05, 0) is 32.3 Å². The zero-order valence-electron chi connectivity index (χ0n) is 6.76. The van der Waals surface area contributed by atoms with Crippen LogP contribution in [0.25, 0.3) is 0 Å². The molecule has 0 amide bonds. The lowest BCUT2D eigenvalue weighted by atomic mass is 10.3. The molecular weight excluding hydrogens is 146 g/mol. The maximum absolute atomic E-state index is 4.62. The zero-order chi connectivity index (χ0) is 7.82. The molecule has 0 fully saturated rings. The zero-order valence-corrected chi connectivity index (χ0v) is 7.66. The van der Waals surface area contributed by atoms with Crippen molar-refractivity contribution >= 4 is 12.9 Å². The SMILES string of the molecule is CC(C)NCCCCOS. The minimum atomic E-state index is 0.594. The lowest BCUT2D eigenvalue weighted by Crippen LogP contribution is -2.23. The van der Waals surface area contributed by atoms with Crippen LogP contribution < -0.4 is 5.32 Å². The van der Waals surface area contributed by atoms with Gasteiger partial charge in [0.25, 0.3) is 0 Å². The molecule has 0 aromatic carbocycles. The fourth-order valence-corrected chi connectivity index (χ4v) is 0.811. The van der Waals surface area contributed by atoms with Crippen LogP contribution >= 0.6 is 12.9 Å². The molecular formula is C7H17NOS. The minimum Gasteiger partial charge on any atom is -0.318 e. The van der Waals surface area contributed by atoms with Crippen molar-refractivity contribution in [1.29, 1.82) is 0 Å². The van der Waals surface area contributed by atoms with E-state index in [1.54, 1.807) is 0 Å². The summed E-state index contributed by atoms with van der Waals surface area (Å²) in [6.45, 7) is 6.13. The molecule has 0 aliphatic heterocycles. The molecule has 0 atom stereocenters. The summed E-state index contributed by atoms with van der Waals surface area (Å²) in [7, 11) is 0. The Labute approximate surface area is 69.0 Å². The van der Waals surface area contributed by atoms with Crippen LogP contribution in [0.4, 0.5) is 0 Å². The van der Waals surface area contributed by atoms with E-state index in [0.29, 0.717) is 6.04 Å². The van der Waals surface area contributed by atoms with Gasteiger partial charge in [-0.25, -0.2) is 0 Å². The van der Waals surface area contributed by atoms with Crippen LogP contribution in [0.15, 0.2) is 0 Å². The number of thiol groups is 1. The molecule has 3 heteroatoms. The molecule has 0 saturated carbocycles. The van der Waals surface area contributed by atoms with Crippen molar-refractivity contribution in [3.63, 3.8) is 0 Å². The van der Waals surface area contributed by atoms with Crippen molar-refractivity contribution in [1.82, 2.24) is 5.32 Å². The second kappa shape index (κ2) is 7.38. The Morgan fingerprint density at radius 2 is 2.10 bits per heavy atom. The number of rotatable bonds is 6. The maximum Gasteiger partial charge on any atom is 0.0611 e. The van der Waals surface area contributed by atoms with E-state index in [9.17, 15) is 0 Å². The third-order valence-electron chi connectivity index (χ3n) is 1.21. The number of unbranched alkanes of at least 4 members (excludes halogenated alkanes) is 1. The molecule has 0 bridgehead atoms. The first kappa shape index (κ1) is 10.3. The second-order valence-electron chi connectivity index (χ2n) is 2.65. The predicted octanol–water partition coefficient (Wildman–Crippen LogP) is 1.63. The lowest BCUT2D eigenvalue weighted by Gasteiger charge is -2.06. The number of hydrogen-bond donors (Lipinski definition) is 2. The van der Waals surface area contributed by atoms with Crippen molar-refractivity contribution in [2.75, 3.05) is 13.2 Å². The van der Waals surface area contributed by atoms with Gasteiger partial charge in [0.2, 0.25) is 0 Å². The van der Waals surface area contributed by atoms with Crippen molar-refractivity contribution in [3.05, 3.63) is 0 Å². The summed E-state index contributed by atoms with van der Waals surface area (Å²) >= 11 is 3.64. The van der Waals surface area contributed by atoms with Gasteiger partial charge in [-0.15, -0.1) is 0 Å². The summed E-state index contributed by atoms with van der Waals surface area (Å²) in [4.78, 5) is 0. The van der Waals surface area contributed by atoms with Gasteiger partial charge in [-0.1, -0.05) is 13.8 Å². The highest BCUT2D eigenvalue weighted by atomic mass is 32.1. The molecule has 10 heavy (non-hydrogen) atoms. The highest BCUT2D eigenvalue weighted by Gasteiger charge is 1.90. The Hall–Kier alpha value is 0.270. The van der Waals surface area contributed by atoms with Crippen LogP contribution in [0.3, 0.4) is 0 Å². The van der Waals surface area contributed by atoms with E-state index in [1.807, 2.05) is 0 Å². The van der Waals surface area contributed by atoms with Gasteiger partial charge in [0.1, 0.15) is 0 Å². The molecule has 0 saturated heterocycles. The Kier molecular flexibility index (Phi) is 7.58. The van der Waals surface area contributed by atoms with Gasteiger partial charge in [-0.3, -0.25) is 0 Å². The van der Waals surface area contributed by atoms with E-state index >= 15 is 0 Å². The van der Waals surface area contributed by atoms with Gasteiger partial charge in [-0.2, -0.15) is 0 Å². The van der Waals surface area contributed by atoms with Gasteiger partial charge in [0, 0.05) is 6.04 Å². The van der Waals surface area contributed by atoms with Crippen LogP contribution in [-0.2, 0) is 4.18 Å². The van der Waals surface area contributed by atoms with Gasteiger partial charge >= 0.3 is 0 Å². The Bertz CT molecular complexity index is 68.6. The summed E-state index contributed by atoms with van der Waals surface area (Å²) in [5, 5.41) is 3.32. The largest absolute Gasteiger partial charge is 0.318 e. The van der Waals surface area contributed by atoms with Crippen LogP contribution in [0, 0.1) is 0 Å². The Morgan fingerprint density at radius 3 is 2.60 bits per heavy atom. The van der Waals surface area contributed by atoms with E-state index in [-0.39, 0.29) is 0 Å². The third-order valence-corrected chi connectivity index (χ3v) is 1.40. The molecule has 0 unspecified atom stereocenters. The Morgan fingerprint density at radius 1 is 1.40 bits per heavy atom. The van der Waals surface area contributed by atoms with E-state index < -0.39 is 0 Å². The molecule has 1 N–H and O–H groups in total. The summed E-state index contributed by atoms with van der Waals surface area (Å²) in [5.74, 6) is 0. The van der Waals surface area contributed by atoms with Crippen LogP contribution in [-0.4, -0.2) is 19.2 Å². The molecule has 0 aliphatic rings. The lowest BCUT2D eigenvalue weighted by molar-refractivity contribution is 0.362. The first-order valence-electron chi connectivity index (χ1n) is 3.77. The fraction of sp³-hybridized carbons (Fsp3) is 1.00. The normalized spacial score (nSPS) is 10.8. The predicted molar refractivity (Wildman–Crippen MR) is 47.3 cm³/mol. The second-order valence-corrected chi connectivity index (χ2v) is 2.91. The highest BCUT2D eigenvalue weighted by Crippen LogP contribution is 1.90. The standard InChI is InChI=1S/C7H17NOS/c1-7(2)8-5-3-4-6-9-10/h7-8,10H,3-6H2,1-2H3. The highest BCUT2D eigenvalue weighted by molar-refractivity contribution is 7.75. The topological polar surface area (TPSA) is 21.3 Å². The molecule has 0 aliphatic carbocycles. The summed E-state index contributed by atoms with van der Waals surface area (Å²) in [6, 6.07) is 0.594. The molecule has 0 rings (SSSR count). The fourth-order valence-electron chi connectivity index (χ4n) is 0.682. The van der Waals surface area contributed by atoms with E-state index in [1.165, 1.54) is 6.42 Å². The Balaban J connectivity index is 2.77. The smallest absolute Gasteiger partial charge is 0.0611 e. The molecule has 2 nitrogen and oxygen atoms in total. The van der Waals surface area contributed by atoms with Crippen LogP contribution in [0.5, 0.6) is 0 Å². The van der Waals surface area contributed by atoms with E-state index in [2.05, 4.69) is 36.3 Å². The van der Waals surface area contributed by atoms with Gasteiger partial charge in [0.05, 0.1) is 6.61 Å². The number of nitrogens with one attached hydrogen (secondary N) is 1.